The van der Waals surface area contributed by atoms with Gasteiger partial charge in [-0.2, -0.15) is 0 Å². The first-order chi connectivity index (χ1) is 13.0. The Bertz CT molecular complexity index is 980. The van der Waals surface area contributed by atoms with Crippen LogP contribution in [-0.2, 0) is 9.53 Å². The van der Waals surface area contributed by atoms with Gasteiger partial charge in [0.05, 0.1) is 15.5 Å². The largest absolute Gasteiger partial charge is 0.490 e. The van der Waals surface area contributed by atoms with Gasteiger partial charge < -0.3 is 9.47 Å². The van der Waals surface area contributed by atoms with E-state index in [9.17, 15) is 14.9 Å². The number of nitrogens with zero attached hydrogens (tertiary/aromatic N) is 2. The highest BCUT2D eigenvalue weighted by atomic mass is 35.5. The second-order valence-electron chi connectivity index (χ2n) is 5.43. The van der Waals surface area contributed by atoms with Crippen molar-refractivity contribution in [1.29, 1.82) is 0 Å². The lowest BCUT2D eigenvalue weighted by Crippen LogP contribution is -2.06. The molecular weight excluding hydrogens is 372 g/mol. The zero-order valence-electron chi connectivity index (χ0n) is 13.9. The first kappa shape index (κ1) is 18.3. The van der Waals surface area contributed by atoms with E-state index in [1.54, 1.807) is 30.3 Å². The van der Waals surface area contributed by atoms with Crippen molar-refractivity contribution in [2.45, 2.75) is 0 Å². The predicted octanol–water partition coefficient (Wildman–Crippen LogP) is 4.16. The number of esters is 1. The second-order valence-corrected chi connectivity index (χ2v) is 5.83. The van der Waals surface area contributed by atoms with Crippen molar-refractivity contribution in [3.05, 3.63) is 87.1 Å². The van der Waals surface area contributed by atoms with Gasteiger partial charge in [0, 0.05) is 12.1 Å². The topological polar surface area (TPSA) is 91.0 Å². The summed E-state index contributed by atoms with van der Waals surface area (Å²) in [6.45, 7) is 3.97. The first-order valence-corrected chi connectivity index (χ1v) is 8.16. The summed E-state index contributed by atoms with van der Waals surface area (Å²) in [6, 6.07) is 10.8. The molecule has 1 heterocycles. The van der Waals surface area contributed by atoms with Crippen molar-refractivity contribution in [2.75, 3.05) is 6.61 Å². The number of carbonyl (C=O) groups is 1. The molecular formula is C19H13ClN2O5. The Morgan fingerprint density at radius 3 is 2.67 bits per heavy atom. The first-order valence-electron chi connectivity index (χ1n) is 7.78. The molecule has 0 unspecified atom stereocenters. The summed E-state index contributed by atoms with van der Waals surface area (Å²) < 4.78 is 10.5. The fourth-order valence-corrected chi connectivity index (χ4v) is 2.49. The van der Waals surface area contributed by atoms with Gasteiger partial charge in [-0.1, -0.05) is 36.4 Å². The van der Waals surface area contributed by atoms with E-state index in [-0.39, 0.29) is 27.9 Å². The summed E-state index contributed by atoms with van der Waals surface area (Å²) in [5.74, 6) is -0.0796. The van der Waals surface area contributed by atoms with Crippen molar-refractivity contribution < 1.29 is 19.2 Å². The average molecular weight is 385 g/mol. The van der Waals surface area contributed by atoms with Crippen LogP contribution < -0.4 is 4.74 Å². The Labute approximate surface area is 159 Å². The van der Waals surface area contributed by atoms with Gasteiger partial charge in [-0.3, -0.25) is 10.1 Å². The van der Waals surface area contributed by atoms with Crippen molar-refractivity contribution in [1.82, 2.24) is 0 Å². The van der Waals surface area contributed by atoms with Gasteiger partial charge in [-0.15, -0.1) is 0 Å². The SMILES string of the molecule is C=CCOc1ccc(/C=C2\N=C(c3cc([N+](=O)[O-])ccc3Cl)OC2=O)cc1. The molecule has 8 heteroatoms. The molecule has 2 aromatic rings. The van der Waals surface area contributed by atoms with Crippen LogP contribution in [0.5, 0.6) is 5.75 Å². The number of aliphatic imine (C=N–C) groups is 1. The highest BCUT2D eigenvalue weighted by molar-refractivity contribution is 6.34. The van der Waals surface area contributed by atoms with Crippen molar-refractivity contribution >= 4 is 35.2 Å². The number of hydrogen-bond acceptors (Lipinski definition) is 6. The van der Waals surface area contributed by atoms with Gasteiger partial charge in [0.1, 0.15) is 12.4 Å². The van der Waals surface area contributed by atoms with Crippen LogP contribution in [0.1, 0.15) is 11.1 Å². The molecule has 3 rings (SSSR count). The fraction of sp³-hybridized carbons (Fsp3) is 0.0526. The van der Waals surface area contributed by atoms with Crippen LogP contribution in [0.15, 0.2) is 65.8 Å². The molecule has 1 aliphatic heterocycles. The third-order valence-electron chi connectivity index (χ3n) is 3.56. The summed E-state index contributed by atoms with van der Waals surface area (Å²) in [6.07, 6.45) is 3.18. The Balaban J connectivity index is 1.88. The van der Waals surface area contributed by atoms with E-state index in [2.05, 4.69) is 11.6 Å². The van der Waals surface area contributed by atoms with E-state index >= 15 is 0 Å². The maximum absolute atomic E-state index is 12.1. The molecule has 0 saturated carbocycles. The molecule has 0 spiro atoms. The van der Waals surface area contributed by atoms with Crippen LogP contribution in [0.3, 0.4) is 0 Å². The van der Waals surface area contributed by atoms with E-state index in [0.717, 1.165) is 0 Å². The Hall–Kier alpha value is -3.45. The number of nitro groups is 1. The molecule has 7 nitrogen and oxygen atoms in total. The van der Waals surface area contributed by atoms with Crippen molar-refractivity contribution in [3.63, 3.8) is 0 Å². The minimum Gasteiger partial charge on any atom is -0.490 e. The Kier molecular flexibility index (Phi) is 5.33. The Morgan fingerprint density at radius 1 is 1.26 bits per heavy atom. The molecule has 2 aromatic carbocycles. The number of ether oxygens (including phenoxy) is 2. The second kappa shape index (κ2) is 7.84. The van der Waals surface area contributed by atoms with Crippen LogP contribution in [0.25, 0.3) is 6.08 Å². The molecule has 136 valence electrons. The molecule has 0 saturated heterocycles. The normalized spacial score (nSPS) is 14.6. The fourth-order valence-electron chi connectivity index (χ4n) is 2.29. The molecule has 0 N–H and O–H groups in total. The standard InChI is InChI=1S/C19H13ClN2O5/c1-2-9-26-14-6-3-12(4-7-14)10-17-19(23)27-18(21-17)15-11-13(22(24)25)5-8-16(15)20/h2-8,10-11H,1,9H2/b17-10-. The zero-order valence-corrected chi connectivity index (χ0v) is 14.7. The summed E-state index contributed by atoms with van der Waals surface area (Å²) in [7, 11) is 0. The average Bonchev–Trinajstić information content (AvgIpc) is 3.01. The maximum Gasteiger partial charge on any atom is 0.363 e. The monoisotopic (exact) mass is 384 g/mol. The van der Waals surface area contributed by atoms with Gasteiger partial charge >= 0.3 is 5.97 Å². The number of halogens is 1. The Morgan fingerprint density at radius 2 is 2.00 bits per heavy atom. The van der Waals surface area contributed by atoms with E-state index in [4.69, 9.17) is 21.1 Å². The molecule has 0 amide bonds. The number of nitro benzene ring substituents is 1. The summed E-state index contributed by atoms with van der Waals surface area (Å²) in [5, 5.41) is 11.1. The lowest BCUT2D eigenvalue weighted by molar-refractivity contribution is -0.384. The zero-order chi connectivity index (χ0) is 19.4. The van der Waals surface area contributed by atoms with E-state index in [1.165, 1.54) is 24.3 Å². The number of non-ortho nitro benzene ring substituents is 1. The van der Waals surface area contributed by atoms with Crippen LogP contribution in [-0.4, -0.2) is 23.4 Å². The highest BCUT2D eigenvalue weighted by Crippen LogP contribution is 2.27. The van der Waals surface area contributed by atoms with Crippen molar-refractivity contribution in [3.8, 4) is 5.75 Å². The van der Waals surface area contributed by atoms with E-state index in [0.29, 0.717) is 17.9 Å². The number of carbonyl (C=O) groups excluding carboxylic acids is 1. The number of rotatable bonds is 6. The van der Waals surface area contributed by atoms with Gasteiger partial charge in [0.2, 0.25) is 5.90 Å². The number of hydrogen-bond donors (Lipinski definition) is 0. The third-order valence-corrected chi connectivity index (χ3v) is 3.89. The summed E-state index contributed by atoms with van der Waals surface area (Å²) >= 11 is 6.06. The van der Waals surface area contributed by atoms with Crippen molar-refractivity contribution in [2.24, 2.45) is 4.99 Å². The third kappa shape index (κ3) is 4.21. The van der Waals surface area contributed by atoms with Gasteiger partial charge in [0.25, 0.3) is 5.69 Å². The summed E-state index contributed by atoms with van der Waals surface area (Å²) in [5.41, 5.74) is 0.770. The van der Waals surface area contributed by atoms with Crippen LogP contribution in [0.4, 0.5) is 5.69 Å². The number of cyclic esters (lactones) is 1. The quantitative estimate of drug-likeness (QED) is 0.245. The predicted molar refractivity (Wildman–Crippen MR) is 101 cm³/mol. The van der Waals surface area contributed by atoms with E-state index in [1.807, 2.05) is 0 Å². The molecule has 0 fully saturated rings. The van der Waals surface area contributed by atoms with Crippen LogP contribution in [0.2, 0.25) is 5.02 Å². The highest BCUT2D eigenvalue weighted by Gasteiger charge is 2.27. The van der Waals surface area contributed by atoms with Gasteiger partial charge in [-0.25, -0.2) is 9.79 Å². The molecule has 0 radical (unpaired) electrons. The minimum atomic E-state index is -0.667. The van der Waals surface area contributed by atoms with Crippen LogP contribution >= 0.6 is 11.6 Å². The lowest BCUT2D eigenvalue weighted by Gasteiger charge is -2.02. The summed E-state index contributed by atoms with van der Waals surface area (Å²) in [4.78, 5) is 26.6. The lowest BCUT2D eigenvalue weighted by atomic mass is 10.2. The molecule has 0 bridgehead atoms. The molecule has 1 aliphatic rings. The minimum absolute atomic E-state index is 0.0623. The molecule has 0 atom stereocenters. The molecule has 27 heavy (non-hydrogen) atoms. The van der Waals surface area contributed by atoms with Gasteiger partial charge in [-0.05, 0) is 29.8 Å². The maximum atomic E-state index is 12.1. The van der Waals surface area contributed by atoms with Crippen LogP contribution in [0, 0.1) is 10.1 Å². The molecule has 0 aliphatic carbocycles. The molecule has 0 aromatic heterocycles. The number of benzene rings is 2. The smallest absolute Gasteiger partial charge is 0.363 e. The van der Waals surface area contributed by atoms with E-state index < -0.39 is 10.9 Å². The van der Waals surface area contributed by atoms with Gasteiger partial charge in [0.15, 0.2) is 5.70 Å².